The lowest BCUT2D eigenvalue weighted by molar-refractivity contribution is 0.0944. The molecule has 1 aliphatic rings. The first-order valence-electron chi connectivity index (χ1n) is 6.56. The fraction of sp³-hybridized carbons (Fsp3) is 0.462. The van der Waals surface area contributed by atoms with Gasteiger partial charge in [-0.1, -0.05) is 24.9 Å². The molecule has 1 saturated carbocycles. The van der Waals surface area contributed by atoms with E-state index < -0.39 is 26.6 Å². The molecule has 0 heterocycles. The highest BCUT2D eigenvalue weighted by molar-refractivity contribution is 7.89. The number of benzene rings is 1. The topological polar surface area (TPSA) is 89.3 Å². The van der Waals surface area contributed by atoms with Gasteiger partial charge in [0, 0.05) is 6.04 Å². The molecular formula is C13H16ClFN2O3S. The summed E-state index contributed by atoms with van der Waals surface area (Å²) in [6.07, 6.45) is 2.87. The molecule has 1 fully saturated rings. The van der Waals surface area contributed by atoms with E-state index in [9.17, 15) is 17.6 Å². The minimum absolute atomic E-state index is 0.0189. The zero-order chi connectivity index (χ0) is 15.8. The predicted octanol–water partition coefficient (Wildman–Crippen LogP) is 2.04. The van der Waals surface area contributed by atoms with Crippen LogP contribution in [-0.2, 0) is 10.0 Å². The number of hydrogen-bond donors (Lipinski definition) is 2. The number of primary sulfonamides is 1. The summed E-state index contributed by atoms with van der Waals surface area (Å²) in [4.78, 5) is 11.6. The molecule has 2 rings (SSSR count). The van der Waals surface area contributed by atoms with E-state index in [1.54, 1.807) is 0 Å². The molecule has 0 spiro atoms. The van der Waals surface area contributed by atoms with Gasteiger partial charge in [0.25, 0.3) is 5.91 Å². The largest absolute Gasteiger partial charge is 0.349 e. The number of carbonyl (C=O) groups is 1. The summed E-state index contributed by atoms with van der Waals surface area (Å²) in [5.74, 6) is -1.12. The van der Waals surface area contributed by atoms with Gasteiger partial charge in [0.05, 0.1) is 10.6 Å². The lowest BCUT2D eigenvalue weighted by Gasteiger charge is -2.09. The van der Waals surface area contributed by atoms with Crippen molar-refractivity contribution in [2.24, 2.45) is 11.1 Å². The molecule has 0 bridgehead atoms. The van der Waals surface area contributed by atoms with Crippen LogP contribution in [0.25, 0.3) is 0 Å². The fourth-order valence-electron chi connectivity index (χ4n) is 2.28. The zero-order valence-electron chi connectivity index (χ0n) is 11.4. The van der Waals surface area contributed by atoms with E-state index in [1.807, 2.05) is 0 Å². The van der Waals surface area contributed by atoms with E-state index in [0.717, 1.165) is 31.4 Å². The summed E-state index contributed by atoms with van der Waals surface area (Å²) >= 11 is 5.64. The zero-order valence-corrected chi connectivity index (χ0v) is 13.0. The van der Waals surface area contributed by atoms with Crippen molar-refractivity contribution in [1.82, 2.24) is 5.32 Å². The van der Waals surface area contributed by atoms with Crippen LogP contribution in [0, 0.1) is 11.7 Å². The predicted molar refractivity (Wildman–Crippen MR) is 77.1 cm³/mol. The van der Waals surface area contributed by atoms with E-state index in [4.69, 9.17) is 16.7 Å². The van der Waals surface area contributed by atoms with Crippen LogP contribution in [-0.4, -0.2) is 20.4 Å². The average Bonchev–Trinajstić information content (AvgIpc) is 3.05. The normalized spacial score (nSPS) is 21.1. The number of carbonyl (C=O) groups excluding carboxylic acids is 1. The summed E-state index contributed by atoms with van der Waals surface area (Å²) in [6, 6.07) is 1.68. The lowest BCUT2D eigenvalue weighted by Crippen LogP contribution is -2.28. The van der Waals surface area contributed by atoms with Crippen LogP contribution < -0.4 is 10.5 Å². The quantitative estimate of drug-likeness (QED) is 0.863. The molecule has 1 aromatic carbocycles. The third kappa shape index (κ3) is 3.72. The highest BCUT2D eigenvalue weighted by atomic mass is 35.5. The third-order valence-corrected chi connectivity index (χ3v) is 4.85. The number of sulfonamides is 1. The van der Waals surface area contributed by atoms with Crippen molar-refractivity contribution >= 4 is 27.5 Å². The van der Waals surface area contributed by atoms with Crippen LogP contribution in [0.15, 0.2) is 17.0 Å². The van der Waals surface area contributed by atoms with Crippen molar-refractivity contribution in [2.45, 2.75) is 37.1 Å². The second-order valence-corrected chi connectivity index (χ2v) is 7.11. The van der Waals surface area contributed by atoms with Crippen molar-refractivity contribution in [2.75, 3.05) is 0 Å². The molecule has 5 nitrogen and oxygen atoms in total. The van der Waals surface area contributed by atoms with Crippen molar-refractivity contribution in [3.8, 4) is 0 Å². The summed E-state index contributed by atoms with van der Waals surface area (Å²) < 4.78 is 36.5. The highest BCUT2D eigenvalue weighted by Crippen LogP contribution is 2.35. The molecule has 0 aromatic heterocycles. The molecule has 1 aromatic rings. The van der Waals surface area contributed by atoms with Gasteiger partial charge in [0.15, 0.2) is 0 Å². The maximum absolute atomic E-state index is 13.8. The Morgan fingerprint density at radius 2 is 2.19 bits per heavy atom. The summed E-state index contributed by atoms with van der Waals surface area (Å²) in [5, 5.41) is 7.33. The molecular weight excluding hydrogens is 319 g/mol. The van der Waals surface area contributed by atoms with E-state index >= 15 is 0 Å². The minimum atomic E-state index is -4.12. The first-order valence-corrected chi connectivity index (χ1v) is 8.49. The Morgan fingerprint density at radius 3 is 2.76 bits per heavy atom. The van der Waals surface area contributed by atoms with Gasteiger partial charge in [-0.15, -0.1) is 0 Å². The summed E-state index contributed by atoms with van der Waals surface area (Å²) in [5.41, 5.74) is -0.370. The van der Waals surface area contributed by atoms with Gasteiger partial charge in [0.1, 0.15) is 10.7 Å². The molecule has 8 heteroatoms. The molecule has 3 N–H and O–H groups in total. The maximum Gasteiger partial charge on any atom is 0.254 e. The lowest BCUT2D eigenvalue weighted by atomic mass is 10.2. The Labute approximate surface area is 127 Å². The molecule has 2 atom stereocenters. The monoisotopic (exact) mass is 334 g/mol. The minimum Gasteiger partial charge on any atom is -0.349 e. The van der Waals surface area contributed by atoms with Crippen LogP contribution in [0.3, 0.4) is 0 Å². The van der Waals surface area contributed by atoms with Gasteiger partial charge in [-0.3, -0.25) is 4.79 Å². The number of halogens is 2. The van der Waals surface area contributed by atoms with E-state index in [-0.39, 0.29) is 16.6 Å². The highest BCUT2D eigenvalue weighted by Gasteiger charge is 2.37. The van der Waals surface area contributed by atoms with Gasteiger partial charge < -0.3 is 5.32 Å². The molecule has 21 heavy (non-hydrogen) atoms. The summed E-state index contributed by atoms with van der Waals surface area (Å²) in [7, 11) is -4.12. The van der Waals surface area contributed by atoms with Gasteiger partial charge in [-0.2, -0.15) is 0 Å². The molecule has 116 valence electrons. The molecule has 0 radical (unpaired) electrons. The van der Waals surface area contributed by atoms with Crippen molar-refractivity contribution < 1.29 is 17.6 Å². The molecule has 0 saturated heterocycles. The standard InChI is InChI=1S/C13H16ClFN2O3S/c1-2-3-7-4-11(7)17-13(18)8-5-12(21(16,19)20)9(14)6-10(8)15/h5-7,11H,2-4H2,1H3,(H,17,18)(H2,16,19,20). The second-order valence-electron chi connectivity index (χ2n) is 5.17. The van der Waals surface area contributed by atoms with E-state index in [2.05, 4.69) is 12.2 Å². The Bertz CT molecular complexity index is 678. The van der Waals surface area contributed by atoms with Crippen molar-refractivity contribution in [3.63, 3.8) is 0 Å². The Hall–Kier alpha value is -1.18. The third-order valence-electron chi connectivity index (χ3n) is 3.47. The second kappa shape index (κ2) is 5.90. The average molecular weight is 335 g/mol. The van der Waals surface area contributed by atoms with Crippen molar-refractivity contribution in [1.29, 1.82) is 0 Å². The molecule has 0 aliphatic heterocycles. The smallest absolute Gasteiger partial charge is 0.254 e. The Morgan fingerprint density at radius 1 is 1.52 bits per heavy atom. The van der Waals surface area contributed by atoms with E-state index in [1.165, 1.54) is 0 Å². The van der Waals surface area contributed by atoms with Crippen LogP contribution in [0.5, 0.6) is 0 Å². The molecule has 1 amide bonds. The molecule has 2 unspecified atom stereocenters. The first kappa shape index (κ1) is 16.2. The number of nitrogens with one attached hydrogen (secondary N) is 1. The van der Waals surface area contributed by atoms with E-state index in [0.29, 0.717) is 5.92 Å². The van der Waals surface area contributed by atoms with Crippen LogP contribution >= 0.6 is 11.6 Å². The van der Waals surface area contributed by atoms with Crippen LogP contribution in [0.4, 0.5) is 4.39 Å². The molecule has 1 aliphatic carbocycles. The van der Waals surface area contributed by atoms with Gasteiger partial charge in [0.2, 0.25) is 10.0 Å². The van der Waals surface area contributed by atoms with Gasteiger partial charge in [-0.25, -0.2) is 17.9 Å². The van der Waals surface area contributed by atoms with Crippen molar-refractivity contribution in [3.05, 3.63) is 28.5 Å². The van der Waals surface area contributed by atoms with Crippen LogP contribution in [0.1, 0.15) is 36.5 Å². The fourth-order valence-corrected chi connectivity index (χ4v) is 3.37. The maximum atomic E-state index is 13.8. The summed E-state index contributed by atoms with van der Waals surface area (Å²) in [6.45, 7) is 2.05. The van der Waals surface area contributed by atoms with Crippen LogP contribution in [0.2, 0.25) is 5.02 Å². The Kier molecular flexibility index (Phi) is 4.55. The number of rotatable bonds is 5. The number of hydrogen-bond acceptors (Lipinski definition) is 3. The SMILES string of the molecule is CCCC1CC1NC(=O)c1cc(S(N)(=O)=O)c(Cl)cc1F. The first-order chi connectivity index (χ1) is 9.74. The number of amides is 1. The number of nitrogens with two attached hydrogens (primary N) is 1. The van der Waals surface area contributed by atoms with Gasteiger partial charge in [-0.05, 0) is 30.9 Å². The van der Waals surface area contributed by atoms with Gasteiger partial charge >= 0.3 is 0 Å². The Balaban J connectivity index is 2.22.